The molecule has 0 heterocycles. The van der Waals surface area contributed by atoms with E-state index in [1.54, 1.807) is 0 Å². The molecule has 6 nitrogen and oxygen atoms in total. The summed E-state index contributed by atoms with van der Waals surface area (Å²) in [6, 6.07) is -1.16. The van der Waals surface area contributed by atoms with Crippen molar-refractivity contribution in [3.05, 3.63) is 12.2 Å². The third-order valence-corrected chi connectivity index (χ3v) is 4.93. The number of carboxylic acids is 2. The molecule has 1 unspecified atom stereocenters. The molecule has 0 aromatic rings. The Bertz CT molecular complexity index is 500. The zero-order valence-corrected chi connectivity index (χ0v) is 14.7. The lowest BCUT2D eigenvalue weighted by molar-refractivity contribution is -0.145. The summed E-state index contributed by atoms with van der Waals surface area (Å²) in [5.74, 6) is -1.65. The lowest BCUT2D eigenvalue weighted by Gasteiger charge is -2.33. The van der Waals surface area contributed by atoms with Crippen molar-refractivity contribution in [2.75, 3.05) is 0 Å². The van der Waals surface area contributed by atoms with Crippen LogP contribution in [-0.2, 0) is 14.4 Å². The van der Waals surface area contributed by atoms with E-state index in [1.165, 1.54) is 0 Å². The molecule has 1 aliphatic carbocycles. The average molecular weight is 339 g/mol. The van der Waals surface area contributed by atoms with Crippen LogP contribution in [0, 0.1) is 17.3 Å². The summed E-state index contributed by atoms with van der Waals surface area (Å²) in [5, 5.41) is 20.5. The first kappa shape index (κ1) is 20.2. The number of nitrogens with one attached hydrogen (secondary N) is 1. The highest BCUT2D eigenvalue weighted by molar-refractivity contribution is 5.87. The van der Waals surface area contributed by atoms with E-state index in [9.17, 15) is 19.5 Å². The smallest absolute Gasteiger partial charge is 0.326 e. The van der Waals surface area contributed by atoms with Crippen LogP contribution in [0.3, 0.4) is 0 Å². The molecule has 3 N–H and O–H groups in total. The van der Waals surface area contributed by atoms with Crippen molar-refractivity contribution in [1.29, 1.82) is 0 Å². The summed E-state index contributed by atoms with van der Waals surface area (Å²) in [5.41, 5.74) is -0.630. The molecule has 0 fully saturated rings. The fraction of sp³-hybridized carbons (Fsp3) is 0.722. The maximum absolute atomic E-state index is 12.7. The summed E-state index contributed by atoms with van der Waals surface area (Å²) in [6.07, 6.45) is 6.93. The van der Waals surface area contributed by atoms with Gasteiger partial charge in [0.2, 0.25) is 5.91 Å². The molecule has 1 aliphatic rings. The molecule has 0 spiro atoms. The summed E-state index contributed by atoms with van der Waals surface area (Å²) in [6.45, 7) is 6.18. The molecule has 0 bridgehead atoms. The maximum atomic E-state index is 12.7. The molecular formula is C18H29NO5. The summed E-state index contributed by atoms with van der Waals surface area (Å²) in [7, 11) is 0. The zero-order chi connectivity index (χ0) is 18.3. The van der Waals surface area contributed by atoms with Crippen molar-refractivity contribution >= 4 is 17.8 Å². The van der Waals surface area contributed by atoms with E-state index < -0.39 is 23.4 Å². The van der Waals surface area contributed by atoms with Crippen LogP contribution in [0.5, 0.6) is 0 Å². The number of hydrogen-bond acceptors (Lipinski definition) is 3. The second-order valence-corrected chi connectivity index (χ2v) is 7.27. The van der Waals surface area contributed by atoms with Crippen LogP contribution in [0.1, 0.15) is 59.3 Å². The molecule has 0 saturated carbocycles. The number of carbonyl (C=O) groups excluding carboxylic acids is 1. The summed E-state index contributed by atoms with van der Waals surface area (Å²) >= 11 is 0. The molecule has 136 valence electrons. The first-order chi connectivity index (χ1) is 11.2. The molecule has 6 heteroatoms. The largest absolute Gasteiger partial charge is 0.481 e. The van der Waals surface area contributed by atoms with Crippen LogP contribution < -0.4 is 5.32 Å². The second-order valence-electron chi connectivity index (χ2n) is 7.27. The Morgan fingerprint density at radius 3 is 2.46 bits per heavy atom. The van der Waals surface area contributed by atoms with Gasteiger partial charge in [-0.2, -0.15) is 0 Å². The number of amides is 1. The van der Waals surface area contributed by atoms with Gasteiger partial charge >= 0.3 is 11.9 Å². The van der Waals surface area contributed by atoms with Crippen LogP contribution >= 0.6 is 0 Å². The van der Waals surface area contributed by atoms with Crippen molar-refractivity contribution in [2.45, 2.75) is 65.3 Å². The van der Waals surface area contributed by atoms with Gasteiger partial charge in [-0.1, -0.05) is 32.9 Å². The highest BCUT2D eigenvalue weighted by Gasteiger charge is 2.36. The van der Waals surface area contributed by atoms with Gasteiger partial charge in [-0.05, 0) is 43.9 Å². The van der Waals surface area contributed by atoms with Crippen molar-refractivity contribution < 1.29 is 24.6 Å². The van der Waals surface area contributed by atoms with Crippen LogP contribution in [0.4, 0.5) is 0 Å². The Morgan fingerprint density at radius 2 is 1.92 bits per heavy atom. The van der Waals surface area contributed by atoms with Gasteiger partial charge in [0, 0.05) is 11.8 Å². The van der Waals surface area contributed by atoms with E-state index in [0.29, 0.717) is 24.7 Å². The van der Waals surface area contributed by atoms with E-state index in [0.717, 1.165) is 12.8 Å². The molecule has 0 saturated heterocycles. The van der Waals surface area contributed by atoms with Crippen LogP contribution in [-0.4, -0.2) is 34.1 Å². The Hall–Kier alpha value is -1.85. The van der Waals surface area contributed by atoms with Crippen molar-refractivity contribution in [1.82, 2.24) is 5.32 Å². The van der Waals surface area contributed by atoms with E-state index in [-0.39, 0.29) is 18.7 Å². The monoisotopic (exact) mass is 339 g/mol. The number of aliphatic carboxylic acids is 2. The third kappa shape index (κ3) is 5.98. The molecule has 0 aromatic carbocycles. The number of carbonyl (C=O) groups is 3. The van der Waals surface area contributed by atoms with Gasteiger partial charge in [-0.15, -0.1) is 0 Å². The lowest BCUT2D eigenvalue weighted by atomic mass is 9.74. The minimum atomic E-state index is -1.20. The Morgan fingerprint density at radius 1 is 1.25 bits per heavy atom. The van der Waals surface area contributed by atoms with Crippen molar-refractivity contribution in [3.8, 4) is 0 Å². The molecule has 0 aliphatic heterocycles. The highest BCUT2D eigenvalue weighted by atomic mass is 16.4. The predicted octanol–water partition coefficient (Wildman–Crippen LogP) is 2.83. The molecule has 24 heavy (non-hydrogen) atoms. The van der Waals surface area contributed by atoms with E-state index in [1.807, 2.05) is 6.92 Å². The van der Waals surface area contributed by atoms with Crippen LogP contribution in [0.25, 0.3) is 0 Å². The molecule has 3 atom stereocenters. The molecule has 1 amide bonds. The molecule has 0 aromatic heterocycles. The Labute approximate surface area is 143 Å². The topological polar surface area (TPSA) is 104 Å². The molecular weight excluding hydrogens is 310 g/mol. The number of rotatable bonds is 7. The van der Waals surface area contributed by atoms with Crippen molar-refractivity contribution in [3.63, 3.8) is 0 Å². The van der Waals surface area contributed by atoms with Gasteiger partial charge < -0.3 is 15.5 Å². The van der Waals surface area contributed by atoms with Crippen molar-refractivity contribution in [2.24, 2.45) is 17.3 Å². The number of hydrogen-bond donors (Lipinski definition) is 3. The number of carboxylic acid groups (broad SMARTS) is 2. The van der Waals surface area contributed by atoms with E-state index in [2.05, 4.69) is 31.3 Å². The molecule has 0 radical (unpaired) electrons. The summed E-state index contributed by atoms with van der Waals surface area (Å²) < 4.78 is 0. The normalized spacial score (nSPS) is 26.9. The van der Waals surface area contributed by atoms with Gasteiger partial charge in [0.25, 0.3) is 0 Å². The van der Waals surface area contributed by atoms with E-state index >= 15 is 0 Å². The standard InChI is InChI=1S/C18H29NO5/c1-12(2)13-6-4-5-10-18(3,11-9-13)17(24)19-14(16(22)23)7-8-15(20)21/h4,6,12-14H,5,7-11H2,1-3H3,(H,19,24)(H,20,21)(H,22,23)/b6-4+/t13?,14-,18-/m1/s1. The number of allylic oxidation sites excluding steroid dienone is 2. The first-order valence-electron chi connectivity index (χ1n) is 8.58. The quantitative estimate of drug-likeness (QED) is 0.619. The van der Waals surface area contributed by atoms with Gasteiger partial charge in [0.1, 0.15) is 6.04 Å². The SMILES string of the molecule is CC(C)C1/C=C/CC[C@@](C)(C(=O)N[C@H](CCC(=O)O)C(=O)O)CC1. The average Bonchev–Trinajstić information content (AvgIpc) is 2.46. The third-order valence-electron chi connectivity index (χ3n) is 4.93. The van der Waals surface area contributed by atoms with Crippen LogP contribution in [0.2, 0.25) is 0 Å². The lowest BCUT2D eigenvalue weighted by Crippen LogP contribution is -2.48. The minimum Gasteiger partial charge on any atom is -0.481 e. The Balaban J connectivity index is 2.77. The minimum absolute atomic E-state index is 0.110. The molecule has 1 rings (SSSR count). The Kier molecular flexibility index (Phi) is 7.45. The first-order valence-corrected chi connectivity index (χ1v) is 8.58. The predicted molar refractivity (Wildman–Crippen MR) is 90.5 cm³/mol. The van der Waals surface area contributed by atoms with Gasteiger partial charge in [0.05, 0.1) is 0 Å². The van der Waals surface area contributed by atoms with Crippen LogP contribution in [0.15, 0.2) is 12.2 Å². The maximum Gasteiger partial charge on any atom is 0.326 e. The van der Waals surface area contributed by atoms with Gasteiger partial charge in [0.15, 0.2) is 0 Å². The fourth-order valence-corrected chi connectivity index (χ4v) is 3.02. The summed E-state index contributed by atoms with van der Waals surface area (Å²) in [4.78, 5) is 34.6. The van der Waals surface area contributed by atoms with Gasteiger partial charge in [-0.3, -0.25) is 9.59 Å². The van der Waals surface area contributed by atoms with E-state index in [4.69, 9.17) is 5.11 Å². The zero-order valence-electron chi connectivity index (χ0n) is 14.7. The second kappa shape index (κ2) is 8.85. The highest BCUT2D eigenvalue weighted by Crippen LogP contribution is 2.35. The fourth-order valence-electron chi connectivity index (χ4n) is 3.02. The van der Waals surface area contributed by atoms with Gasteiger partial charge in [-0.25, -0.2) is 4.79 Å².